The molecule has 1 aliphatic rings. The number of anilines is 2. The standard InChI is InChI=1S/C17H17N3O2S/c1-19-9-10-20(17-8-3-2-7-16(17)19)23(21,22)13-15-6-4-5-14(11-15)12-18/h2-8,11H,9-10,13H2,1H3. The van der Waals surface area contributed by atoms with Crippen molar-refractivity contribution in [2.45, 2.75) is 5.75 Å². The van der Waals surface area contributed by atoms with E-state index < -0.39 is 10.0 Å². The summed E-state index contributed by atoms with van der Waals surface area (Å²) in [7, 11) is -1.54. The summed E-state index contributed by atoms with van der Waals surface area (Å²) in [6, 6.07) is 16.3. The van der Waals surface area contributed by atoms with Gasteiger partial charge in [-0.05, 0) is 29.8 Å². The number of nitrogens with zero attached hydrogens (tertiary/aromatic N) is 3. The molecule has 0 fully saturated rings. The number of hydrogen-bond acceptors (Lipinski definition) is 4. The normalized spacial score (nSPS) is 14.3. The van der Waals surface area contributed by atoms with Crippen LogP contribution in [-0.4, -0.2) is 28.6 Å². The fourth-order valence-corrected chi connectivity index (χ4v) is 4.36. The summed E-state index contributed by atoms with van der Waals surface area (Å²) < 4.78 is 27.2. The second-order valence-corrected chi connectivity index (χ2v) is 7.44. The van der Waals surface area contributed by atoms with Gasteiger partial charge in [-0.25, -0.2) is 8.42 Å². The number of hydrogen-bond donors (Lipinski definition) is 0. The highest BCUT2D eigenvalue weighted by Crippen LogP contribution is 2.34. The molecule has 5 nitrogen and oxygen atoms in total. The molecule has 6 heteroatoms. The molecule has 2 aromatic carbocycles. The van der Waals surface area contributed by atoms with Gasteiger partial charge in [0.05, 0.1) is 35.3 Å². The molecule has 0 amide bonds. The molecule has 0 spiro atoms. The van der Waals surface area contributed by atoms with E-state index >= 15 is 0 Å². The van der Waals surface area contributed by atoms with Gasteiger partial charge in [0.25, 0.3) is 0 Å². The van der Waals surface area contributed by atoms with Crippen LogP contribution in [0.15, 0.2) is 48.5 Å². The highest BCUT2D eigenvalue weighted by Gasteiger charge is 2.29. The maximum atomic E-state index is 12.8. The Hall–Kier alpha value is -2.52. The minimum atomic E-state index is -3.50. The Morgan fingerprint density at radius 2 is 1.83 bits per heavy atom. The molecule has 0 saturated heterocycles. The Morgan fingerprint density at radius 3 is 2.57 bits per heavy atom. The van der Waals surface area contributed by atoms with Crippen molar-refractivity contribution >= 4 is 21.4 Å². The molecular weight excluding hydrogens is 310 g/mol. The summed E-state index contributed by atoms with van der Waals surface area (Å²) in [4.78, 5) is 2.05. The Labute approximate surface area is 136 Å². The van der Waals surface area contributed by atoms with Gasteiger partial charge in [-0.1, -0.05) is 24.3 Å². The predicted octanol–water partition coefficient (Wildman–Crippen LogP) is 2.34. The summed E-state index contributed by atoms with van der Waals surface area (Å²) in [6.07, 6.45) is 0. The van der Waals surface area contributed by atoms with Gasteiger partial charge in [-0.2, -0.15) is 5.26 Å². The van der Waals surface area contributed by atoms with Crippen LogP contribution >= 0.6 is 0 Å². The molecule has 2 aromatic rings. The molecule has 0 bridgehead atoms. The van der Waals surface area contributed by atoms with Crippen LogP contribution in [0.4, 0.5) is 11.4 Å². The average Bonchev–Trinajstić information content (AvgIpc) is 2.55. The van der Waals surface area contributed by atoms with Gasteiger partial charge in [-0.15, -0.1) is 0 Å². The van der Waals surface area contributed by atoms with E-state index in [1.54, 1.807) is 24.3 Å². The lowest BCUT2D eigenvalue weighted by atomic mass is 10.2. The van der Waals surface area contributed by atoms with Crippen LogP contribution < -0.4 is 9.21 Å². The topological polar surface area (TPSA) is 64.4 Å². The second kappa shape index (κ2) is 5.94. The lowest BCUT2D eigenvalue weighted by Crippen LogP contribution is -2.43. The Kier molecular flexibility index (Phi) is 3.97. The first-order valence-electron chi connectivity index (χ1n) is 7.31. The molecule has 0 radical (unpaired) electrons. The fraction of sp³-hybridized carbons (Fsp3) is 0.235. The largest absolute Gasteiger partial charge is 0.371 e. The third-order valence-electron chi connectivity index (χ3n) is 3.94. The lowest BCUT2D eigenvalue weighted by molar-refractivity contribution is 0.588. The average molecular weight is 327 g/mol. The first-order chi connectivity index (χ1) is 11.0. The number of nitriles is 1. The minimum Gasteiger partial charge on any atom is -0.371 e. The summed E-state index contributed by atoms with van der Waals surface area (Å²) in [5.74, 6) is -0.111. The third kappa shape index (κ3) is 3.01. The monoisotopic (exact) mass is 327 g/mol. The van der Waals surface area contributed by atoms with Crippen LogP contribution in [0.2, 0.25) is 0 Å². The van der Waals surface area contributed by atoms with Crippen molar-refractivity contribution in [3.05, 3.63) is 59.7 Å². The van der Waals surface area contributed by atoms with Crippen molar-refractivity contribution < 1.29 is 8.42 Å². The van der Waals surface area contributed by atoms with E-state index in [1.165, 1.54) is 4.31 Å². The Balaban J connectivity index is 1.94. The molecule has 118 valence electrons. The van der Waals surface area contributed by atoms with Crippen LogP contribution in [0.1, 0.15) is 11.1 Å². The molecule has 0 unspecified atom stereocenters. The van der Waals surface area contributed by atoms with Gasteiger partial charge >= 0.3 is 0 Å². The molecule has 1 heterocycles. The maximum Gasteiger partial charge on any atom is 0.239 e. The van der Waals surface area contributed by atoms with Gasteiger partial charge < -0.3 is 4.90 Å². The van der Waals surface area contributed by atoms with Crippen LogP contribution in [0, 0.1) is 11.3 Å². The van der Waals surface area contributed by atoms with E-state index in [0.717, 1.165) is 5.69 Å². The van der Waals surface area contributed by atoms with E-state index in [1.807, 2.05) is 37.4 Å². The van der Waals surface area contributed by atoms with E-state index in [2.05, 4.69) is 4.90 Å². The summed E-state index contributed by atoms with van der Waals surface area (Å²) >= 11 is 0. The number of sulfonamides is 1. The number of para-hydroxylation sites is 2. The first kappa shape index (κ1) is 15.4. The second-order valence-electron chi connectivity index (χ2n) is 5.55. The molecular formula is C17H17N3O2S. The number of rotatable bonds is 3. The predicted molar refractivity (Wildman–Crippen MR) is 90.8 cm³/mol. The van der Waals surface area contributed by atoms with Crippen LogP contribution in [0.3, 0.4) is 0 Å². The van der Waals surface area contributed by atoms with Gasteiger partial charge in [-0.3, -0.25) is 4.31 Å². The molecule has 1 aliphatic heterocycles. The van der Waals surface area contributed by atoms with Crippen molar-refractivity contribution in [1.29, 1.82) is 5.26 Å². The SMILES string of the molecule is CN1CCN(S(=O)(=O)Cc2cccc(C#N)c2)c2ccccc21. The van der Waals surface area contributed by atoms with Gasteiger partial charge in [0.2, 0.25) is 10.0 Å². The molecule has 0 saturated carbocycles. The maximum absolute atomic E-state index is 12.8. The van der Waals surface area contributed by atoms with E-state index in [9.17, 15) is 8.42 Å². The Morgan fingerprint density at radius 1 is 1.09 bits per heavy atom. The zero-order valence-corrected chi connectivity index (χ0v) is 13.6. The zero-order chi connectivity index (χ0) is 16.4. The summed E-state index contributed by atoms with van der Waals surface area (Å²) in [6.45, 7) is 1.07. The van der Waals surface area contributed by atoms with Crippen LogP contribution in [0.25, 0.3) is 0 Å². The highest BCUT2D eigenvalue weighted by molar-refractivity contribution is 7.92. The molecule has 0 aromatic heterocycles. The number of fused-ring (bicyclic) bond motifs is 1. The third-order valence-corrected chi connectivity index (χ3v) is 5.69. The molecule has 0 N–H and O–H groups in total. The molecule has 3 rings (SSSR count). The molecule has 23 heavy (non-hydrogen) atoms. The minimum absolute atomic E-state index is 0.111. The number of likely N-dealkylation sites (N-methyl/N-ethyl adjacent to an activating group) is 1. The first-order valence-corrected chi connectivity index (χ1v) is 8.92. The van der Waals surface area contributed by atoms with Crippen molar-refractivity contribution in [2.75, 3.05) is 29.3 Å². The van der Waals surface area contributed by atoms with Crippen LogP contribution in [0.5, 0.6) is 0 Å². The summed E-state index contributed by atoms with van der Waals surface area (Å²) in [5, 5.41) is 8.95. The van der Waals surface area contributed by atoms with Crippen molar-refractivity contribution in [3.8, 4) is 6.07 Å². The zero-order valence-electron chi connectivity index (χ0n) is 12.8. The van der Waals surface area contributed by atoms with E-state index in [4.69, 9.17) is 5.26 Å². The Bertz CT molecular complexity index is 871. The lowest BCUT2D eigenvalue weighted by Gasteiger charge is -2.36. The van der Waals surface area contributed by atoms with Gasteiger partial charge in [0.15, 0.2) is 0 Å². The van der Waals surface area contributed by atoms with Crippen molar-refractivity contribution in [3.63, 3.8) is 0 Å². The molecule has 0 aliphatic carbocycles. The highest BCUT2D eigenvalue weighted by atomic mass is 32.2. The summed E-state index contributed by atoms with van der Waals surface area (Å²) in [5.41, 5.74) is 2.71. The van der Waals surface area contributed by atoms with Gasteiger partial charge in [0, 0.05) is 13.6 Å². The van der Waals surface area contributed by atoms with Crippen molar-refractivity contribution in [1.82, 2.24) is 0 Å². The number of benzene rings is 2. The molecule has 0 atom stereocenters. The van der Waals surface area contributed by atoms with Gasteiger partial charge in [0.1, 0.15) is 0 Å². The van der Waals surface area contributed by atoms with Crippen molar-refractivity contribution in [2.24, 2.45) is 0 Å². The quantitative estimate of drug-likeness (QED) is 0.868. The smallest absolute Gasteiger partial charge is 0.239 e. The van der Waals surface area contributed by atoms with E-state index in [0.29, 0.717) is 29.9 Å². The van der Waals surface area contributed by atoms with E-state index in [-0.39, 0.29) is 5.75 Å². The fourth-order valence-electron chi connectivity index (χ4n) is 2.79. The van der Waals surface area contributed by atoms with Crippen LogP contribution in [-0.2, 0) is 15.8 Å².